The molecule has 0 nitrogen and oxygen atoms in total. The van der Waals surface area contributed by atoms with Gasteiger partial charge in [0.15, 0.2) is 0 Å². The zero-order valence-electron chi connectivity index (χ0n) is 6.95. The van der Waals surface area contributed by atoms with Gasteiger partial charge in [-0.15, -0.1) is 11.8 Å². The van der Waals surface area contributed by atoms with E-state index in [4.69, 9.17) is 0 Å². The molecule has 0 unspecified atom stereocenters. The minimum absolute atomic E-state index is 1.03. The number of hydrogen-bond donors (Lipinski definition) is 0. The van der Waals surface area contributed by atoms with Crippen LogP contribution in [0.5, 0.6) is 0 Å². The third-order valence-corrected chi connectivity index (χ3v) is 1.53. The van der Waals surface area contributed by atoms with Crippen molar-refractivity contribution in [2.45, 2.75) is 45.4 Å². The van der Waals surface area contributed by atoms with Crippen molar-refractivity contribution in [1.82, 2.24) is 0 Å². The molecule has 0 atom stereocenters. The Hall–Kier alpha value is -0.440. The molecule has 0 aliphatic rings. The highest BCUT2D eigenvalue weighted by molar-refractivity contribution is 5.00. The van der Waals surface area contributed by atoms with Gasteiger partial charge in [0.25, 0.3) is 0 Å². The molecule has 0 heterocycles. The molecule has 0 rings (SSSR count). The van der Waals surface area contributed by atoms with E-state index < -0.39 is 0 Å². The molecule has 0 saturated carbocycles. The van der Waals surface area contributed by atoms with Gasteiger partial charge in [0.05, 0.1) is 0 Å². The fraction of sp³-hybridized carbons (Fsp3) is 0.700. The van der Waals surface area contributed by atoms with Crippen LogP contribution in [0, 0.1) is 18.8 Å². The Kier molecular flexibility index (Phi) is 8.18. The first kappa shape index (κ1) is 9.56. The van der Waals surface area contributed by atoms with Gasteiger partial charge < -0.3 is 0 Å². The average molecular weight is 137 g/mol. The molecule has 0 heteroatoms. The van der Waals surface area contributed by atoms with Crippen LogP contribution in [-0.4, -0.2) is 0 Å². The van der Waals surface area contributed by atoms with Crippen molar-refractivity contribution in [1.29, 1.82) is 0 Å². The molecule has 57 valence electrons. The minimum Gasteiger partial charge on any atom is -0.103 e. The summed E-state index contributed by atoms with van der Waals surface area (Å²) in [5.41, 5.74) is 0. The highest BCUT2D eigenvalue weighted by Crippen LogP contribution is 2.03. The minimum atomic E-state index is 1.03. The second kappa shape index (κ2) is 8.56. The maximum Gasteiger partial charge on any atom is 0.0198 e. The van der Waals surface area contributed by atoms with Crippen molar-refractivity contribution in [3.63, 3.8) is 0 Å². The Labute approximate surface area is 65.0 Å². The van der Waals surface area contributed by atoms with E-state index in [0.29, 0.717) is 0 Å². The van der Waals surface area contributed by atoms with E-state index in [1.165, 1.54) is 32.1 Å². The van der Waals surface area contributed by atoms with Crippen LogP contribution in [0.1, 0.15) is 45.4 Å². The van der Waals surface area contributed by atoms with Crippen molar-refractivity contribution in [3.05, 3.63) is 6.92 Å². The summed E-state index contributed by atoms with van der Waals surface area (Å²) < 4.78 is 0. The fourth-order valence-electron chi connectivity index (χ4n) is 0.905. The Balaban J connectivity index is 2.82. The second-order valence-corrected chi connectivity index (χ2v) is 2.52. The molecule has 0 aromatic heterocycles. The van der Waals surface area contributed by atoms with Crippen LogP contribution >= 0.6 is 0 Å². The standard InChI is InChI=1S/C10H17/c1-3-5-7-9-10-8-6-4-2/h1,4,6-10H2,2H3. The highest BCUT2D eigenvalue weighted by atomic mass is 13.9. The lowest BCUT2D eigenvalue weighted by Crippen LogP contribution is -1.75. The number of hydrogen-bond acceptors (Lipinski definition) is 0. The van der Waals surface area contributed by atoms with Gasteiger partial charge in [-0.1, -0.05) is 32.6 Å². The summed E-state index contributed by atoms with van der Waals surface area (Å²) in [7, 11) is 0. The molecule has 0 aliphatic heterocycles. The number of unbranched alkanes of at least 4 members (excludes halogenated alkanes) is 5. The van der Waals surface area contributed by atoms with E-state index in [1.54, 1.807) is 0 Å². The predicted octanol–water partition coefficient (Wildman–Crippen LogP) is 3.18. The zero-order chi connectivity index (χ0) is 7.66. The molecule has 0 amide bonds. The lowest BCUT2D eigenvalue weighted by molar-refractivity contribution is 0.641. The molecule has 10 heavy (non-hydrogen) atoms. The van der Waals surface area contributed by atoms with E-state index in [9.17, 15) is 0 Å². The first-order valence-electron chi connectivity index (χ1n) is 4.16. The van der Waals surface area contributed by atoms with Gasteiger partial charge in [0.1, 0.15) is 0 Å². The van der Waals surface area contributed by atoms with Crippen LogP contribution < -0.4 is 0 Å². The van der Waals surface area contributed by atoms with Crippen molar-refractivity contribution in [3.8, 4) is 11.8 Å². The monoisotopic (exact) mass is 137 g/mol. The van der Waals surface area contributed by atoms with Crippen molar-refractivity contribution in [2.24, 2.45) is 0 Å². The maximum absolute atomic E-state index is 3.46. The molecule has 0 bridgehead atoms. The smallest absolute Gasteiger partial charge is 0.0198 e. The van der Waals surface area contributed by atoms with Crippen LogP contribution in [-0.2, 0) is 0 Å². The molecule has 0 aromatic carbocycles. The van der Waals surface area contributed by atoms with Crippen LogP contribution in [0.2, 0.25) is 0 Å². The highest BCUT2D eigenvalue weighted by Gasteiger charge is 1.85. The first-order valence-corrected chi connectivity index (χ1v) is 4.16. The summed E-state index contributed by atoms with van der Waals surface area (Å²) in [6.45, 7) is 5.69. The molecular weight excluding hydrogens is 120 g/mol. The SMILES string of the molecule is [CH2]C#CCCCCCCC. The van der Waals surface area contributed by atoms with Gasteiger partial charge in [0.2, 0.25) is 0 Å². The third kappa shape index (κ3) is 7.56. The van der Waals surface area contributed by atoms with Crippen LogP contribution in [0.15, 0.2) is 0 Å². The largest absolute Gasteiger partial charge is 0.103 e. The van der Waals surface area contributed by atoms with Gasteiger partial charge in [0, 0.05) is 13.3 Å². The normalized spacial score (nSPS) is 8.60. The van der Waals surface area contributed by atoms with E-state index in [2.05, 4.69) is 25.7 Å². The topological polar surface area (TPSA) is 0 Å². The molecule has 1 radical (unpaired) electrons. The quantitative estimate of drug-likeness (QED) is 0.403. The molecule has 0 aromatic rings. The summed E-state index contributed by atoms with van der Waals surface area (Å²) in [5.74, 6) is 5.62. The zero-order valence-corrected chi connectivity index (χ0v) is 6.95. The van der Waals surface area contributed by atoms with Crippen molar-refractivity contribution >= 4 is 0 Å². The van der Waals surface area contributed by atoms with E-state index >= 15 is 0 Å². The third-order valence-electron chi connectivity index (χ3n) is 1.53. The Morgan fingerprint density at radius 3 is 2.40 bits per heavy atom. The molecular formula is C10H17. The lowest BCUT2D eigenvalue weighted by Gasteiger charge is -1.93. The average Bonchev–Trinajstić information content (AvgIpc) is 1.97. The van der Waals surface area contributed by atoms with Crippen molar-refractivity contribution < 1.29 is 0 Å². The summed E-state index contributed by atoms with van der Waals surface area (Å²) in [4.78, 5) is 0. The van der Waals surface area contributed by atoms with E-state index in [0.717, 1.165) is 6.42 Å². The van der Waals surface area contributed by atoms with E-state index in [-0.39, 0.29) is 0 Å². The van der Waals surface area contributed by atoms with E-state index in [1.807, 2.05) is 0 Å². The van der Waals surface area contributed by atoms with Crippen LogP contribution in [0.4, 0.5) is 0 Å². The summed E-state index contributed by atoms with van der Waals surface area (Å²) in [6.07, 6.45) is 7.69. The van der Waals surface area contributed by atoms with Gasteiger partial charge in [-0.2, -0.15) is 0 Å². The van der Waals surface area contributed by atoms with Gasteiger partial charge >= 0.3 is 0 Å². The number of rotatable bonds is 5. The molecule has 0 fully saturated rings. The Morgan fingerprint density at radius 1 is 1.10 bits per heavy atom. The second-order valence-electron chi connectivity index (χ2n) is 2.52. The molecule has 0 N–H and O–H groups in total. The van der Waals surface area contributed by atoms with Gasteiger partial charge in [-0.05, 0) is 6.42 Å². The maximum atomic E-state index is 3.46. The summed E-state index contributed by atoms with van der Waals surface area (Å²) in [5, 5.41) is 0. The lowest BCUT2D eigenvalue weighted by atomic mass is 10.1. The molecule has 0 spiro atoms. The van der Waals surface area contributed by atoms with Crippen LogP contribution in [0.3, 0.4) is 0 Å². The molecule has 0 saturated heterocycles. The Bertz CT molecular complexity index is 103. The van der Waals surface area contributed by atoms with Gasteiger partial charge in [-0.25, -0.2) is 0 Å². The fourth-order valence-corrected chi connectivity index (χ4v) is 0.905. The Morgan fingerprint density at radius 2 is 1.80 bits per heavy atom. The van der Waals surface area contributed by atoms with Crippen LogP contribution in [0.25, 0.3) is 0 Å². The van der Waals surface area contributed by atoms with Gasteiger partial charge in [-0.3, -0.25) is 0 Å². The summed E-state index contributed by atoms with van der Waals surface area (Å²) >= 11 is 0. The van der Waals surface area contributed by atoms with Crippen molar-refractivity contribution in [2.75, 3.05) is 0 Å². The summed E-state index contributed by atoms with van der Waals surface area (Å²) in [6, 6.07) is 0. The predicted molar refractivity (Wildman–Crippen MR) is 46.5 cm³/mol. The first-order chi connectivity index (χ1) is 4.91. The molecule has 0 aliphatic carbocycles.